The van der Waals surface area contributed by atoms with Gasteiger partial charge < -0.3 is 14.4 Å². The molecule has 37 heavy (non-hydrogen) atoms. The Morgan fingerprint density at radius 3 is 2.54 bits per heavy atom. The Balaban J connectivity index is 1.53. The summed E-state index contributed by atoms with van der Waals surface area (Å²) in [7, 11) is 0. The predicted molar refractivity (Wildman–Crippen MR) is 139 cm³/mol. The van der Waals surface area contributed by atoms with Gasteiger partial charge in [-0.15, -0.1) is 0 Å². The first-order valence-electron chi connectivity index (χ1n) is 11.6. The number of carbonyl (C=O) groups excluding carboxylic acids is 2. The van der Waals surface area contributed by atoms with Crippen molar-refractivity contribution in [1.29, 1.82) is 0 Å². The van der Waals surface area contributed by atoms with Crippen LogP contribution in [0.25, 0.3) is 33.9 Å². The lowest BCUT2D eigenvalue weighted by Gasteiger charge is -2.13. The molecule has 0 spiro atoms. The summed E-state index contributed by atoms with van der Waals surface area (Å²) in [6, 6.07) is 17.7. The van der Waals surface area contributed by atoms with Crippen molar-refractivity contribution in [3.63, 3.8) is 0 Å². The highest BCUT2D eigenvalue weighted by Crippen LogP contribution is 2.23. The predicted octanol–water partition coefficient (Wildman–Crippen LogP) is 4.57. The van der Waals surface area contributed by atoms with Gasteiger partial charge in [0.25, 0.3) is 5.89 Å². The van der Waals surface area contributed by atoms with Crippen molar-refractivity contribution in [2.45, 2.75) is 27.3 Å². The summed E-state index contributed by atoms with van der Waals surface area (Å²) in [5, 5.41) is 7.16. The monoisotopic (exact) mass is 493 g/mol. The van der Waals surface area contributed by atoms with Gasteiger partial charge in [0.05, 0.1) is 5.39 Å². The summed E-state index contributed by atoms with van der Waals surface area (Å²) < 4.78 is 7.04. The maximum atomic E-state index is 13.3. The molecule has 2 aromatic carbocycles. The Labute approximate surface area is 211 Å². The Morgan fingerprint density at radius 2 is 1.78 bits per heavy atom. The minimum atomic E-state index is -0.356. The van der Waals surface area contributed by atoms with Gasteiger partial charge in [0.15, 0.2) is 5.78 Å². The highest BCUT2D eigenvalue weighted by atomic mass is 16.5. The number of anilines is 1. The molecule has 9 nitrogen and oxygen atoms in total. The SMILES string of the molecule is CC(=O)c1cccc(NC(=O)Cn2cc(-c3nc(-c4ccc(C)cc4)no3)c(=O)c3ccc(C)nc32)c1. The van der Waals surface area contributed by atoms with E-state index in [0.29, 0.717) is 33.8 Å². The molecule has 0 aliphatic carbocycles. The van der Waals surface area contributed by atoms with Crippen molar-refractivity contribution in [1.82, 2.24) is 19.7 Å². The number of hydrogen-bond donors (Lipinski definition) is 1. The number of fused-ring (bicyclic) bond motifs is 1. The van der Waals surface area contributed by atoms with Crippen molar-refractivity contribution in [2.75, 3.05) is 5.32 Å². The number of amides is 1. The molecule has 0 aliphatic heterocycles. The van der Waals surface area contributed by atoms with Crippen molar-refractivity contribution >= 4 is 28.4 Å². The van der Waals surface area contributed by atoms with Crippen LogP contribution in [0.5, 0.6) is 0 Å². The van der Waals surface area contributed by atoms with Gasteiger partial charge in [-0.25, -0.2) is 4.98 Å². The van der Waals surface area contributed by atoms with Crippen LogP contribution in [0.2, 0.25) is 0 Å². The molecule has 0 fully saturated rings. The number of Topliss-reactive ketones (excluding diaryl/α,β-unsaturated/α-hetero) is 1. The second-order valence-electron chi connectivity index (χ2n) is 8.80. The summed E-state index contributed by atoms with van der Waals surface area (Å²) in [6.07, 6.45) is 1.51. The second kappa shape index (κ2) is 9.62. The highest BCUT2D eigenvalue weighted by molar-refractivity contribution is 5.97. The van der Waals surface area contributed by atoms with Crippen molar-refractivity contribution in [2.24, 2.45) is 0 Å². The lowest BCUT2D eigenvalue weighted by molar-refractivity contribution is -0.116. The zero-order valence-corrected chi connectivity index (χ0v) is 20.5. The number of hydrogen-bond acceptors (Lipinski definition) is 7. The Kier molecular flexibility index (Phi) is 6.19. The minimum absolute atomic E-state index is 0.0476. The van der Waals surface area contributed by atoms with E-state index in [9.17, 15) is 14.4 Å². The number of rotatable bonds is 6. The zero-order valence-electron chi connectivity index (χ0n) is 20.5. The molecule has 3 heterocycles. The first-order valence-corrected chi connectivity index (χ1v) is 11.6. The molecule has 0 bridgehead atoms. The Bertz CT molecular complexity index is 1720. The summed E-state index contributed by atoms with van der Waals surface area (Å²) in [6.45, 7) is 5.12. The van der Waals surface area contributed by atoms with E-state index in [-0.39, 0.29) is 35.1 Å². The summed E-state index contributed by atoms with van der Waals surface area (Å²) >= 11 is 0. The van der Waals surface area contributed by atoms with Crippen LogP contribution in [0.1, 0.15) is 28.5 Å². The van der Waals surface area contributed by atoms with Crippen LogP contribution in [0, 0.1) is 13.8 Å². The number of nitrogens with zero attached hydrogens (tertiary/aromatic N) is 4. The molecule has 184 valence electrons. The number of benzene rings is 2. The van der Waals surface area contributed by atoms with Crippen LogP contribution >= 0.6 is 0 Å². The summed E-state index contributed by atoms with van der Waals surface area (Å²) in [4.78, 5) is 46.9. The fourth-order valence-electron chi connectivity index (χ4n) is 3.96. The van der Waals surface area contributed by atoms with E-state index in [0.717, 1.165) is 11.1 Å². The zero-order chi connectivity index (χ0) is 26.1. The van der Waals surface area contributed by atoms with Gasteiger partial charge in [-0.05, 0) is 45.0 Å². The van der Waals surface area contributed by atoms with E-state index in [1.807, 2.05) is 31.2 Å². The van der Waals surface area contributed by atoms with Crippen LogP contribution in [0.3, 0.4) is 0 Å². The molecule has 9 heteroatoms. The van der Waals surface area contributed by atoms with E-state index >= 15 is 0 Å². The normalized spacial score (nSPS) is 11.0. The number of pyridine rings is 2. The van der Waals surface area contributed by atoms with Gasteiger partial charge in [0.1, 0.15) is 17.8 Å². The molecule has 1 N–H and O–H groups in total. The molecule has 0 aliphatic rings. The number of carbonyl (C=O) groups is 2. The van der Waals surface area contributed by atoms with E-state index in [1.54, 1.807) is 47.9 Å². The van der Waals surface area contributed by atoms with E-state index in [4.69, 9.17) is 4.52 Å². The lowest BCUT2D eigenvalue weighted by atomic mass is 10.1. The first-order chi connectivity index (χ1) is 17.8. The van der Waals surface area contributed by atoms with Gasteiger partial charge >= 0.3 is 0 Å². The van der Waals surface area contributed by atoms with Crippen LogP contribution in [-0.2, 0) is 11.3 Å². The molecule has 5 aromatic rings. The fourth-order valence-corrected chi connectivity index (χ4v) is 3.96. The quantitative estimate of drug-likeness (QED) is 0.344. The average Bonchev–Trinajstić information content (AvgIpc) is 3.36. The summed E-state index contributed by atoms with van der Waals surface area (Å²) in [5.74, 6) is -0.0558. The van der Waals surface area contributed by atoms with Crippen molar-refractivity contribution < 1.29 is 14.1 Å². The smallest absolute Gasteiger partial charge is 0.263 e. The standard InChI is InChI=1S/C28H23N5O4/c1-16-7-10-19(11-8-16)26-31-28(37-32-26)23-14-33(27-22(25(23)36)12-9-17(2)29-27)15-24(35)30-21-6-4-5-20(13-21)18(3)34/h4-14H,15H2,1-3H3,(H,30,35). The van der Waals surface area contributed by atoms with E-state index in [1.165, 1.54) is 13.1 Å². The molecule has 0 radical (unpaired) electrons. The van der Waals surface area contributed by atoms with Crippen molar-refractivity contribution in [3.8, 4) is 22.8 Å². The molecule has 0 atom stereocenters. The van der Waals surface area contributed by atoms with Crippen LogP contribution in [0.15, 0.2) is 76.2 Å². The van der Waals surface area contributed by atoms with Gasteiger partial charge in [-0.2, -0.15) is 4.98 Å². The van der Waals surface area contributed by atoms with Gasteiger partial charge in [0.2, 0.25) is 17.2 Å². The van der Waals surface area contributed by atoms with Crippen LogP contribution in [0.4, 0.5) is 5.69 Å². The maximum Gasteiger partial charge on any atom is 0.263 e. The number of aromatic nitrogens is 4. The third kappa shape index (κ3) is 4.92. The molecular weight excluding hydrogens is 470 g/mol. The van der Waals surface area contributed by atoms with Gasteiger partial charge in [-0.1, -0.05) is 47.1 Å². The topological polar surface area (TPSA) is 120 Å². The van der Waals surface area contributed by atoms with Crippen LogP contribution < -0.4 is 10.7 Å². The minimum Gasteiger partial charge on any atom is -0.333 e. The maximum absolute atomic E-state index is 13.3. The van der Waals surface area contributed by atoms with Crippen LogP contribution in [-0.4, -0.2) is 31.4 Å². The van der Waals surface area contributed by atoms with Gasteiger partial charge in [0, 0.05) is 28.7 Å². The molecule has 0 saturated carbocycles. The first kappa shape index (κ1) is 23.8. The van der Waals surface area contributed by atoms with E-state index < -0.39 is 0 Å². The third-order valence-electron chi connectivity index (χ3n) is 5.89. The largest absolute Gasteiger partial charge is 0.333 e. The fraction of sp³-hybridized carbons (Fsp3) is 0.143. The Morgan fingerprint density at radius 1 is 1.00 bits per heavy atom. The molecule has 5 rings (SSSR count). The Hall–Kier alpha value is -4.92. The third-order valence-corrected chi connectivity index (χ3v) is 5.89. The molecule has 3 aromatic heterocycles. The van der Waals surface area contributed by atoms with Crippen molar-refractivity contribution in [3.05, 3.63) is 93.9 Å². The van der Waals surface area contributed by atoms with E-state index in [2.05, 4.69) is 20.4 Å². The number of ketones is 1. The van der Waals surface area contributed by atoms with Gasteiger partial charge in [-0.3, -0.25) is 14.4 Å². The molecule has 1 amide bonds. The second-order valence-corrected chi connectivity index (χ2v) is 8.80. The molecule has 0 unspecified atom stereocenters. The molecular formula is C28H23N5O4. The summed E-state index contributed by atoms with van der Waals surface area (Å²) in [5.41, 5.74) is 3.73. The average molecular weight is 494 g/mol. The number of aryl methyl sites for hydroxylation is 2. The highest BCUT2D eigenvalue weighted by Gasteiger charge is 2.19. The lowest BCUT2D eigenvalue weighted by Crippen LogP contribution is -2.22. The number of nitrogens with one attached hydrogen (secondary N) is 1. The molecule has 0 saturated heterocycles.